The maximum Gasteiger partial charge on any atom is 0.242 e. The summed E-state index contributed by atoms with van der Waals surface area (Å²) < 4.78 is 0. The molecule has 2 N–H and O–H groups in total. The molecule has 0 bridgehead atoms. The second-order valence-corrected chi connectivity index (χ2v) is 5.12. The van der Waals surface area contributed by atoms with Gasteiger partial charge in [-0.1, -0.05) is 23.2 Å². The lowest BCUT2D eigenvalue weighted by Crippen LogP contribution is -2.38. The van der Waals surface area contributed by atoms with Crippen LogP contribution in [0.25, 0.3) is 0 Å². The molecule has 1 atom stereocenters. The summed E-state index contributed by atoms with van der Waals surface area (Å²) >= 11 is 11.9. The lowest BCUT2D eigenvalue weighted by atomic mass is 10.2. The summed E-state index contributed by atoms with van der Waals surface area (Å²) in [4.78, 5) is 11.7. The van der Waals surface area contributed by atoms with Crippen molar-refractivity contribution in [2.24, 2.45) is 0 Å². The molecule has 1 fully saturated rings. The van der Waals surface area contributed by atoms with Crippen LogP contribution < -0.4 is 10.6 Å². The predicted octanol–water partition coefficient (Wildman–Crippen LogP) is 3.07. The van der Waals surface area contributed by atoms with Crippen molar-refractivity contribution in [3.63, 3.8) is 0 Å². The number of carbonyl (C=O) groups excluding carboxylic acids is 1. The van der Waals surface area contributed by atoms with Gasteiger partial charge in [0.25, 0.3) is 0 Å². The Morgan fingerprint density at radius 1 is 1.41 bits per heavy atom. The van der Waals surface area contributed by atoms with E-state index in [-0.39, 0.29) is 11.9 Å². The summed E-state index contributed by atoms with van der Waals surface area (Å²) in [7, 11) is 0. The van der Waals surface area contributed by atoms with E-state index in [1.165, 1.54) is 0 Å². The Kier molecular flexibility index (Phi) is 3.79. The Labute approximate surface area is 110 Å². The predicted molar refractivity (Wildman–Crippen MR) is 70.7 cm³/mol. The topological polar surface area (TPSA) is 41.1 Å². The monoisotopic (exact) mass is 272 g/mol. The summed E-state index contributed by atoms with van der Waals surface area (Å²) in [6.45, 7) is 1.80. The molecule has 0 aromatic heterocycles. The SMILES string of the molecule is CC(Nc1cc(Cl)ccc1Cl)C(=O)NC1CC1. The molecule has 3 nitrogen and oxygen atoms in total. The average Bonchev–Trinajstić information content (AvgIpc) is 3.07. The van der Waals surface area contributed by atoms with E-state index in [0.717, 1.165) is 12.8 Å². The molecule has 0 saturated heterocycles. The molecular formula is C12H14Cl2N2O. The van der Waals surface area contributed by atoms with E-state index in [0.29, 0.717) is 21.8 Å². The molecule has 1 saturated carbocycles. The summed E-state index contributed by atoms with van der Waals surface area (Å²) in [5, 5.41) is 7.13. The van der Waals surface area contributed by atoms with Gasteiger partial charge in [-0.3, -0.25) is 4.79 Å². The standard InChI is InChI=1S/C12H14Cl2N2O/c1-7(12(17)16-9-3-4-9)15-11-6-8(13)2-5-10(11)14/h2,5-7,9,15H,3-4H2,1H3,(H,16,17). The molecule has 5 heteroatoms. The quantitative estimate of drug-likeness (QED) is 0.885. The van der Waals surface area contributed by atoms with E-state index >= 15 is 0 Å². The van der Waals surface area contributed by atoms with E-state index in [9.17, 15) is 4.79 Å². The zero-order valence-electron chi connectivity index (χ0n) is 9.47. The van der Waals surface area contributed by atoms with Crippen molar-refractivity contribution in [2.45, 2.75) is 31.8 Å². The van der Waals surface area contributed by atoms with E-state index in [2.05, 4.69) is 10.6 Å². The van der Waals surface area contributed by atoms with Crippen molar-refractivity contribution >= 4 is 34.8 Å². The van der Waals surface area contributed by atoms with Crippen LogP contribution in [0.1, 0.15) is 19.8 Å². The van der Waals surface area contributed by atoms with Gasteiger partial charge < -0.3 is 10.6 Å². The number of hydrogen-bond acceptors (Lipinski definition) is 2. The maximum atomic E-state index is 11.7. The van der Waals surface area contributed by atoms with Gasteiger partial charge in [0.2, 0.25) is 5.91 Å². The van der Waals surface area contributed by atoms with Crippen molar-refractivity contribution < 1.29 is 4.79 Å². The van der Waals surface area contributed by atoms with Gasteiger partial charge in [-0.05, 0) is 38.0 Å². The Bertz CT molecular complexity index is 433. The molecule has 0 radical (unpaired) electrons. The molecule has 0 aliphatic heterocycles. The summed E-state index contributed by atoms with van der Waals surface area (Å²) in [5.41, 5.74) is 0.678. The fraction of sp³-hybridized carbons (Fsp3) is 0.417. The molecule has 0 spiro atoms. The minimum Gasteiger partial charge on any atom is -0.373 e. The number of benzene rings is 1. The van der Waals surface area contributed by atoms with Gasteiger partial charge in [0.05, 0.1) is 10.7 Å². The molecule has 0 heterocycles. The third kappa shape index (κ3) is 3.51. The normalized spacial score (nSPS) is 16.4. The van der Waals surface area contributed by atoms with Crippen molar-refractivity contribution in [1.29, 1.82) is 0 Å². The van der Waals surface area contributed by atoms with Crippen LogP contribution in [0.5, 0.6) is 0 Å². The molecule has 1 aromatic rings. The van der Waals surface area contributed by atoms with E-state index in [1.807, 2.05) is 0 Å². The van der Waals surface area contributed by atoms with Crippen LogP contribution >= 0.6 is 23.2 Å². The minimum absolute atomic E-state index is 0.0106. The zero-order valence-corrected chi connectivity index (χ0v) is 11.0. The molecule has 1 unspecified atom stereocenters. The van der Waals surface area contributed by atoms with E-state index in [1.54, 1.807) is 25.1 Å². The molecule has 17 heavy (non-hydrogen) atoms. The van der Waals surface area contributed by atoms with Crippen molar-refractivity contribution in [3.8, 4) is 0 Å². The molecule has 92 valence electrons. The number of hydrogen-bond donors (Lipinski definition) is 2. The van der Waals surface area contributed by atoms with Crippen LogP contribution in [-0.4, -0.2) is 18.0 Å². The first kappa shape index (κ1) is 12.5. The Hall–Kier alpha value is -0.930. The lowest BCUT2D eigenvalue weighted by molar-refractivity contribution is -0.121. The van der Waals surface area contributed by atoms with Crippen LogP contribution in [-0.2, 0) is 4.79 Å². The molecular weight excluding hydrogens is 259 g/mol. The summed E-state index contributed by atoms with van der Waals surface area (Å²) in [5.74, 6) is -0.0106. The van der Waals surface area contributed by atoms with Gasteiger partial charge in [0, 0.05) is 11.1 Å². The van der Waals surface area contributed by atoms with Crippen LogP contribution in [0, 0.1) is 0 Å². The summed E-state index contributed by atoms with van der Waals surface area (Å²) in [6.07, 6.45) is 2.16. The van der Waals surface area contributed by atoms with E-state index in [4.69, 9.17) is 23.2 Å². The number of carbonyl (C=O) groups is 1. The number of anilines is 1. The van der Waals surface area contributed by atoms with Gasteiger partial charge in [0.1, 0.15) is 6.04 Å². The van der Waals surface area contributed by atoms with Crippen LogP contribution in [0.15, 0.2) is 18.2 Å². The van der Waals surface area contributed by atoms with Crippen LogP contribution in [0.4, 0.5) is 5.69 Å². The highest BCUT2D eigenvalue weighted by Crippen LogP contribution is 2.26. The van der Waals surface area contributed by atoms with Gasteiger partial charge in [0.15, 0.2) is 0 Å². The number of halogens is 2. The Morgan fingerprint density at radius 2 is 2.12 bits per heavy atom. The fourth-order valence-corrected chi connectivity index (χ4v) is 1.80. The molecule has 1 aliphatic rings. The lowest BCUT2D eigenvalue weighted by Gasteiger charge is -2.16. The first-order valence-corrected chi connectivity index (χ1v) is 6.34. The van der Waals surface area contributed by atoms with Crippen LogP contribution in [0.2, 0.25) is 10.0 Å². The number of rotatable bonds is 4. The minimum atomic E-state index is -0.327. The zero-order chi connectivity index (χ0) is 12.4. The fourth-order valence-electron chi connectivity index (χ4n) is 1.46. The van der Waals surface area contributed by atoms with Gasteiger partial charge in [-0.2, -0.15) is 0 Å². The first-order valence-electron chi connectivity index (χ1n) is 5.58. The van der Waals surface area contributed by atoms with Crippen molar-refractivity contribution in [2.75, 3.05) is 5.32 Å². The Balaban J connectivity index is 1.98. The molecule has 1 amide bonds. The molecule has 1 aliphatic carbocycles. The van der Waals surface area contributed by atoms with Gasteiger partial charge >= 0.3 is 0 Å². The summed E-state index contributed by atoms with van der Waals surface area (Å²) in [6, 6.07) is 5.17. The Morgan fingerprint density at radius 3 is 2.76 bits per heavy atom. The highest BCUT2D eigenvalue weighted by atomic mass is 35.5. The second kappa shape index (κ2) is 5.15. The first-order chi connectivity index (χ1) is 8.06. The average molecular weight is 273 g/mol. The largest absolute Gasteiger partial charge is 0.373 e. The van der Waals surface area contributed by atoms with Crippen molar-refractivity contribution in [3.05, 3.63) is 28.2 Å². The third-order valence-electron chi connectivity index (χ3n) is 2.62. The van der Waals surface area contributed by atoms with E-state index < -0.39 is 0 Å². The van der Waals surface area contributed by atoms with Gasteiger partial charge in [-0.15, -0.1) is 0 Å². The van der Waals surface area contributed by atoms with Crippen LogP contribution in [0.3, 0.4) is 0 Å². The van der Waals surface area contributed by atoms with Gasteiger partial charge in [-0.25, -0.2) is 0 Å². The highest BCUT2D eigenvalue weighted by Gasteiger charge is 2.25. The third-order valence-corrected chi connectivity index (χ3v) is 3.18. The smallest absolute Gasteiger partial charge is 0.242 e. The molecule has 2 rings (SSSR count). The highest BCUT2D eigenvalue weighted by molar-refractivity contribution is 6.35. The number of nitrogens with one attached hydrogen (secondary N) is 2. The second-order valence-electron chi connectivity index (χ2n) is 4.27. The van der Waals surface area contributed by atoms with Crippen molar-refractivity contribution in [1.82, 2.24) is 5.32 Å². The maximum absolute atomic E-state index is 11.7. The molecule has 1 aromatic carbocycles. The number of amides is 1.